The van der Waals surface area contributed by atoms with E-state index < -0.39 is 6.10 Å². The molecule has 1 N–H and O–H groups in total. The van der Waals surface area contributed by atoms with Crippen LogP contribution in [0.4, 0.5) is 0 Å². The molecular formula is C25H35ClO4. The normalized spacial score (nSPS) is 12.6. The maximum atomic E-state index is 9.51. The molecule has 2 aromatic rings. The summed E-state index contributed by atoms with van der Waals surface area (Å²) < 4.78 is 17.0. The predicted molar refractivity (Wildman–Crippen MR) is 123 cm³/mol. The van der Waals surface area contributed by atoms with Crippen LogP contribution in [0.25, 0.3) is 0 Å². The van der Waals surface area contributed by atoms with Crippen LogP contribution in [0.1, 0.15) is 51.2 Å². The average Bonchev–Trinajstić information content (AvgIpc) is 2.77. The van der Waals surface area contributed by atoms with Crippen LogP contribution in [-0.4, -0.2) is 43.5 Å². The molecule has 2 aromatic carbocycles. The zero-order valence-electron chi connectivity index (χ0n) is 18.4. The van der Waals surface area contributed by atoms with Crippen molar-refractivity contribution in [2.45, 2.75) is 51.6 Å². The van der Waals surface area contributed by atoms with Gasteiger partial charge in [0.05, 0.1) is 12.5 Å². The Balaban J connectivity index is 1.86. The SMILES string of the molecule is CCCCOCCCOc1ccc(C(C)(C)c2ccc(OCC(O)CCl)cc2)cc1. The van der Waals surface area contributed by atoms with E-state index in [0.717, 1.165) is 44.0 Å². The fourth-order valence-corrected chi connectivity index (χ4v) is 3.13. The van der Waals surface area contributed by atoms with Crippen molar-refractivity contribution in [2.75, 3.05) is 32.3 Å². The maximum Gasteiger partial charge on any atom is 0.119 e. The number of unbranched alkanes of at least 4 members (excludes halogenated alkanes) is 1. The third kappa shape index (κ3) is 7.82. The minimum atomic E-state index is -0.655. The second-order valence-corrected chi connectivity index (χ2v) is 8.27. The van der Waals surface area contributed by atoms with Crippen LogP contribution in [0.5, 0.6) is 11.5 Å². The molecule has 0 saturated heterocycles. The molecule has 30 heavy (non-hydrogen) atoms. The highest BCUT2D eigenvalue weighted by molar-refractivity contribution is 6.18. The van der Waals surface area contributed by atoms with Crippen LogP contribution in [0, 0.1) is 0 Å². The van der Waals surface area contributed by atoms with Gasteiger partial charge in [-0.25, -0.2) is 0 Å². The van der Waals surface area contributed by atoms with E-state index in [1.54, 1.807) is 0 Å². The Morgan fingerprint density at radius 3 is 1.90 bits per heavy atom. The van der Waals surface area contributed by atoms with Gasteiger partial charge >= 0.3 is 0 Å². The van der Waals surface area contributed by atoms with Gasteiger partial charge in [0.25, 0.3) is 0 Å². The van der Waals surface area contributed by atoms with E-state index in [-0.39, 0.29) is 17.9 Å². The first kappa shape index (κ1) is 24.5. The summed E-state index contributed by atoms with van der Waals surface area (Å²) in [6.07, 6.45) is 2.52. The summed E-state index contributed by atoms with van der Waals surface area (Å²) in [6.45, 7) is 9.00. The molecule has 1 unspecified atom stereocenters. The maximum absolute atomic E-state index is 9.51. The van der Waals surface area contributed by atoms with Crippen LogP contribution >= 0.6 is 11.6 Å². The molecule has 0 aliphatic rings. The van der Waals surface area contributed by atoms with Gasteiger partial charge in [-0.1, -0.05) is 51.5 Å². The van der Waals surface area contributed by atoms with Crippen LogP contribution < -0.4 is 9.47 Å². The van der Waals surface area contributed by atoms with Crippen LogP contribution in [-0.2, 0) is 10.2 Å². The van der Waals surface area contributed by atoms with E-state index in [9.17, 15) is 5.11 Å². The highest BCUT2D eigenvalue weighted by Crippen LogP contribution is 2.33. The number of hydrogen-bond donors (Lipinski definition) is 1. The second kappa shape index (κ2) is 12.8. The number of ether oxygens (including phenoxy) is 3. The number of rotatable bonds is 14. The molecule has 5 heteroatoms. The van der Waals surface area contributed by atoms with Gasteiger partial charge in [-0.15, -0.1) is 11.6 Å². The van der Waals surface area contributed by atoms with E-state index >= 15 is 0 Å². The van der Waals surface area contributed by atoms with Crippen molar-refractivity contribution in [3.63, 3.8) is 0 Å². The van der Waals surface area contributed by atoms with Crippen LogP contribution in [0.2, 0.25) is 0 Å². The third-order valence-electron chi connectivity index (χ3n) is 5.12. The molecule has 4 nitrogen and oxygen atoms in total. The Kier molecular flexibility index (Phi) is 10.5. The van der Waals surface area contributed by atoms with Crippen LogP contribution in [0.15, 0.2) is 48.5 Å². The number of hydrogen-bond acceptors (Lipinski definition) is 4. The first-order chi connectivity index (χ1) is 14.5. The largest absolute Gasteiger partial charge is 0.494 e. The van der Waals surface area contributed by atoms with Crippen molar-refractivity contribution < 1.29 is 19.3 Å². The Morgan fingerprint density at radius 1 is 0.833 bits per heavy atom. The van der Waals surface area contributed by atoms with Crippen molar-refractivity contribution in [1.29, 1.82) is 0 Å². The van der Waals surface area contributed by atoms with Gasteiger partial charge in [-0.3, -0.25) is 0 Å². The van der Waals surface area contributed by atoms with Gasteiger partial charge in [0, 0.05) is 25.0 Å². The average molecular weight is 435 g/mol. The minimum Gasteiger partial charge on any atom is -0.494 e. The Hall–Kier alpha value is -1.75. The van der Waals surface area contributed by atoms with Crippen molar-refractivity contribution >= 4 is 11.6 Å². The lowest BCUT2D eigenvalue weighted by molar-refractivity contribution is 0.117. The van der Waals surface area contributed by atoms with Gasteiger partial charge in [0.2, 0.25) is 0 Å². The molecule has 2 rings (SSSR count). The fraction of sp³-hybridized carbons (Fsp3) is 0.520. The molecule has 0 aliphatic carbocycles. The minimum absolute atomic E-state index is 0.153. The van der Waals surface area contributed by atoms with Gasteiger partial charge < -0.3 is 19.3 Å². The second-order valence-electron chi connectivity index (χ2n) is 7.96. The molecule has 0 bridgehead atoms. The van der Waals surface area contributed by atoms with Crippen molar-refractivity contribution in [1.82, 2.24) is 0 Å². The summed E-state index contributed by atoms with van der Waals surface area (Å²) in [5.74, 6) is 1.77. The molecule has 0 spiro atoms. The lowest BCUT2D eigenvalue weighted by atomic mass is 9.78. The fourth-order valence-electron chi connectivity index (χ4n) is 3.04. The highest BCUT2D eigenvalue weighted by Gasteiger charge is 2.23. The molecular weight excluding hydrogens is 400 g/mol. The Labute approximate surface area is 186 Å². The predicted octanol–water partition coefficient (Wildman–Crippen LogP) is 5.58. The standard InChI is InChI=1S/C25H35ClO4/c1-4-5-15-28-16-6-17-29-23-11-7-20(8-12-23)25(2,3)21-9-13-24(14-10-21)30-19-22(27)18-26/h7-14,22,27H,4-6,15-19H2,1-3H3. The van der Waals surface area contributed by atoms with Gasteiger partial charge in [-0.05, 0) is 41.8 Å². The monoisotopic (exact) mass is 434 g/mol. The summed E-state index contributed by atoms with van der Waals surface area (Å²) >= 11 is 5.60. The summed E-state index contributed by atoms with van der Waals surface area (Å²) in [6, 6.07) is 16.3. The number of halogens is 1. The number of alkyl halides is 1. The van der Waals surface area contributed by atoms with Gasteiger partial charge in [-0.2, -0.15) is 0 Å². The first-order valence-corrected chi connectivity index (χ1v) is 11.3. The molecule has 0 amide bonds. The van der Waals surface area contributed by atoms with Gasteiger partial charge in [0.15, 0.2) is 0 Å². The van der Waals surface area contributed by atoms with Crippen molar-refractivity contribution in [2.24, 2.45) is 0 Å². The number of aliphatic hydroxyl groups is 1. The molecule has 166 valence electrons. The molecule has 0 radical (unpaired) electrons. The van der Waals surface area contributed by atoms with Crippen LogP contribution in [0.3, 0.4) is 0 Å². The zero-order valence-corrected chi connectivity index (χ0v) is 19.2. The van der Waals surface area contributed by atoms with E-state index in [1.807, 2.05) is 24.3 Å². The molecule has 0 fully saturated rings. The summed E-state index contributed by atoms with van der Waals surface area (Å²) in [7, 11) is 0. The summed E-state index contributed by atoms with van der Waals surface area (Å²) in [5, 5.41) is 9.51. The molecule has 0 heterocycles. The number of aliphatic hydroxyl groups excluding tert-OH is 1. The summed E-state index contributed by atoms with van der Waals surface area (Å²) in [5.41, 5.74) is 2.24. The third-order valence-corrected chi connectivity index (χ3v) is 5.47. The van der Waals surface area contributed by atoms with E-state index in [4.69, 9.17) is 25.8 Å². The zero-order chi connectivity index (χ0) is 21.8. The quantitative estimate of drug-likeness (QED) is 0.311. The molecule has 1 atom stereocenters. The van der Waals surface area contributed by atoms with E-state index in [2.05, 4.69) is 45.0 Å². The highest BCUT2D eigenvalue weighted by atomic mass is 35.5. The lowest BCUT2D eigenvalue weighted by Crippen LogP contribution is -2.20. The summed E-state index contributed by atoms with van der Waals surface area (Å²) in [4.78, 5) is 0. The smallest absolute Gasteiger partial charge is 0.119 e. The Morgan fingerprint density at radius 2 is 1.37 bits per heavy atom. The van der Waals surface area contributed by atoms with Crippen molar-refractivity contribution in [3.8, 4) is 11.5 Å². The first-order valence-electron chi connectivity index (χ1n) is 10.8. The number of benzene rings is 2. The molecule has 0 aliphatic heterocycles. The van der Waals surface area contributed by atoms with E-state index in [0.29, 0.717) is 6.61 Å². The van der Waals surface area contributed by atoms with Gasteiger partial charge in [0.1, 0.15) is 24.2 Å². The Bertz CT molecular complexity index is 713. The molecule has 0 saturated carbocycles. The topological polar surface area (TPSA) is 47.9 Å². The van der Waals surface area contributed by atoms with E-state index in [1.165, 1.54) is 11.1 Å². The lowest BCUT2D eigenvalue weighted by Gasteiger charge is -2.26. The van der Waals surface area contributed by atoms with Crippen molar-refractivity contribution in [3.05, 3.63) is 59.7 Å². The molecule has 0 aromatic heterocycles.